The summed E-state index contributed by atoms with van der Waals surface area (Å²) in [4.78, 5) is 8.47. The molecule has 56 valence electrons. The molecular formula is C9H10N2. The van der Waals surface area contributed by atoms with Crippen molar-refractivity contribution in [3.05, 3.63) is 24.3 Å². The van der Waals surface area contributed by atoms with Crippen molar-refractivity contribution in [3.63, 3.8) is 0 Å². The molecule has 0 radical (unpaired) electrons. The Morgan fingerprint density at radius 2 is 2.36 bits per heavy atom. The first kappa shape index (κ1) is 6.53. The molecule has 0 bridgehead atoms. The van der Waals surface area contributed by atoms with E-state index in [1.807, 2.05) is 6.21 Å². The molecule has 1 atom stereocenters. The Hall–Kier alpha value is -1.18. The van der Waals surface area contributed by atoms with Gasteiger partial charge >= 0.3 is 0 Å². The summed E-state index contributed by atoms with van der Waals surface area (Å²) < 4.78 is 0. The second-order valence-electron chi connectivity index (χ2n) is 2.67. The van der Waals surface area contributed by atoms with E-state index in [1.165, 1.54) is 0 Å². The minimum absolute atomic E-state index is 0.429. The Morgan fingerprint density at radius 1 is 1.36 bits per heavy atom. The van der Waals surface area contributed by atoms with E-state index in [2.05, 4.69) is 34.3 Å². The Balaban J connectivity index is 2.11. The molecule has 1 aliphatic carbocycles. The first-order valence-corrected chi connectivity index (χ1v) is 3.87. The van der Waals surface area contributed by atoms with E-state index in [1.54, 1.807) is 0 Å². The molecule has 0 aromatic heterocycles. The molecule has 11 heavy (non-hydrogen) atoms. The lowest BCUT2D eigenvalue weighted by atomic mass is 10.00. The van der Waals surface area contributed by atoms with Crippen LogP contribution in [0.3, 0.4) is 0 Å². The zero-order valence-corrected chi connectivity index (χ0v) is 6.27. The third kappa shape index (κ3) is 1.29. The first-order chi connectivity index (χ1) is 5.47. The van der Waals surface area contributed by atoms with Crippen molar-refractivity contribution < 1.29 is 0 Å². The summed E-state index contributed by atoms with van der Waals surface area (Å²) in [6.45, 7) is 0.767. The lowest BCUT2D eigenvalue weighted by Gasteiger charge is -2.09. The van der Waals surface area contributed by atoms with Gasteiger partial charge in [0.15, 0.2) is 0 Å². The van der Waals surface area contributed by atoms with Crippen LogP contribution in [-0.2, 0) is 0 Å². The maximum absolute atomic E-state index is 4.27. The summed E-state index contributed by atoms with van der Waals surface area (Å²) in [7, 11) is 0. The van der Waals surface area contributed by atoms with Gasteiger partial charge in [-0.25, -0.2) is 4.99 Å². The van der Waals surface area contributed by atoms with Crippen molar-refractivity contribution in [2.45, 2.75) is 6.42 Å². The minimum Gasteiger partial charge on any atom is -0.264 e. The fourth-order valence-corrected chi connectivity index (χ4v) is 1.29. The minimum atomic E-state index is 0.429. The van der Waals surface area contributed by atoms with Gasteiger partial charge < -0.3 is 0 Å². The zero-order valence-electron chi connectivity index (χ0n) is 6.27. The summed E-state index contributed by atoms with van der Waals surface area (Å²) in [5, 5.41) is 0. The van der Waals surface area contributed by atoms with Crippen LogP contribution in [-0.4, -0.2) is 18.6 Å². The van der Waals surface area contributed by atoms with Crippen molar-refractivity contribution in [3.8, 4) is 0 Å². The maximum Gasteiger partial charge on any atom is 0.130 e. The fraction of sp³-hybridized carbons (Fsp3) is 0.333. The van der Waals surface area contributed by atoms with Crippen molar-refractivity contribution in [2.24, 2.45) is 15.9 Å². The molecule has 0 spiro atoms. The zero-order chi connectivity index (χ0) is 7.52. The molecule has 0 saturated heterocycles. The highest BCUT2D eigenvalue weighted by atomic mass is 15.0. The van der Waals surface area contributed by atoms with Crippen molar-refractivity contribution in [2.75, 3.05) is 6.54 Å². The van der Waals surface area contributed by atoms with Gasteiger partial charge in [-0.1, -0.05) is 24.3 Å². The van der Waals surface area contributed by atoms with Gasteiger partial charge in [-0.2, -0.15) is 0 Å². The predicted octanol–water partition coefficient (Wildman–Crippen LogP) is 1.60. The molecule has 0 saturated carbocycles. The molecule has 1 unspecified atom stereocenters. The van der Waals surface area contributed by atoms with E-state index in [-0.39, 0.29) is 0 Å². The lowest BCUT2D eigenvalue weighted by Crippen LogP contribution is -2.08. The maximum atomic E-state index is 4.27. The van der Waals surface area contributed by atoms with Crippen LogP contribution in [0, 0.1) is 5.92 Å². The smallest absolute Gasteiger partial charge is 0.130 e. The fourth-order valence-electron chi connectivity index (χ4n) is 1.29. The van der Waals surface area contributed by atoms with E-state index >= 15 is 0 Å². The first-order valence-electron chi connectivity index (χ1n) is 3.87. The third-order valence-electron chi connectivity index (χ3n) is 1.87. The molecule has 2 heteroatoms. The number of rotatable bonds is 1. The van der Waals surface area contributed by atoms with Gasteiger partial charge in [-0.05, 0) is 6.42 Å². The van der Waals surface area contributed by atoms with Crippen LogP contribution < -0.4 is 0 Å². The standard InChI is InChI=1S/C9H10N2/c1-2-4-8(5-3-1)9-10-6-7-11-9/h1-4,6,8H,5,7H2. The number of allylic oxidation sites excluding steroid dienone is 3. The van der Waals surface area contributed by atoms with Gasteiger partial charge in [0, 0.05) is 12.1 Å². The molecule has 2 rings (SSSR count). The Bertz CT molecular complexity index is 259. The predicted molar refractivity (Wildman–Crippen MR) is 47.2 cm³/mol. The van der Waals surface area contributed by atoms with Crippen LogP contribution in [0.15, 0.2) is 34.3 Å². The van der Waals surface area contributed by atoms with Crippen LogP contribution in [0.5, 0.6) is 0 Å². The molecule has 1 heterocycles. The second-order valence-corrected chi connectivity index (χ2v) is 2.67. The van der Waals surface area contributed by atoms with Crippen molar-refractivity contribution in [1.29, 1.82) is 0 Å². The molecular weight excluding hydrogens is 136 g/mol. The number of hydrogen-bond acceptors (Lipinski definition) is 2. The summed E-state index contributed by atoms with van der Waals surface area (Å²) in [5.74, 6) is 1.42. The number of nitrogens with zero attached hydrogens (tertiary/aromatic N) is 2. The molecule has 0 fully saturated rings. The van der Waals surface area contributed by atoms with Gasteiger partial charge in [0.2, 0.25) is 0 Å². The third-order valence-corrected chi connectivity index (χ3v) is 1.87. The number of aliphatic imine (C=N–C) groups is 2. The SMILES string of the molecule is C1=CCC(C2=NCC=N2)C=C1. The van der Waals surface area contributed by atoms with Gasteiger partial charge in [0.1, 0.15) is 5.84 Å². The van der Waals surface area contributed by atoms with E-state index < -0.39 is 0 Å². The lowest BCUT2D eigenvalue weighted by molar-refractivity contribution is 0.859. The van der Waals surface area contributed by atoms with Crippen LogP contribution in [0.25, 0.3) is 0 Å². The number of amidine groups is 1. The highest BCUT2D eigenvalue weighted by Gasteiger charge is 2.13. The topological polar surface area (TPSA) is 24.7 Å². The summed E-state index contributed by atoms with van der Waals surface area (Å²) in [5.41, 5.74) is 0. The molecule has 0 amide bonds. The van der Waals surface area contributed by atoms with Crippen LogP contribution in [0.1, 0.15) is 6.42 Å². The average molecular weight is 146 g/mol. The van der Waals surface area contributed by atoms with E-state index in [0.717, 1.165) is 18.8 Å². The van der Waals surface area contributed by atoms with Gasteiger partial charge in [0.25, 0.3) is 0 Å². The average Bonchev–Trinajstić information content (AvgIpc) is 2.58. The van der Waals surface area contributed by atoms with E-state index in [4.69, 9.17) is 0 Å². The monoisotopic (exact) mass is 146 g/mol. The Morgan fingerprint density at radius 3 is 3.00 bits per heavy atom. The van der Waals surface area contributed by atoms with E-state index in [0.29, 0.717) is 5.92 Å². The largest absolute Gasteiger partial charge is 0.264 e. The summed E-state index contributed by atoms with van der Waals surface area (Å²) in [6.07, 6.45) is 11.3. The second kappa shape index (κ2) is 2.82. The Labute approximate surface area is 66.1 Å². The number of hydrogen-bond donors (Lipinski definition) is 0. The quantitative estimate of drug-likeness (QED) is 0.537. The Kier molecular flexibility index (Phi) is 1.68. The van der Waals surface area contributed by atoms with Gasteiger partial charge in [0.05, 0.1) is 6.54 Å². The van der Waals surface area contributed by atoms with Crippen LogP contribution in [0.4, 0.5) is 0 Å². The van der Waals surface area contributed by atoms with Crippen LogP contribution in [0.2, 0.25) is 0 Å². The summed E-state index contributed by atoms with van der Waals surface area (Å²) in [6, 6.07) is 0. The molecule has 1 aliphatic heterocycles. The molecule has 0 aromatic rings. The molecule has 2 aliphatic rings. The normalized spacial score (nSPS) is 27.6. The van der Waals surface area contributed by atoms with E-state index in [9.17, 15) is 0 Å². The van der Waals surface area contributed by atoms with Crippen molar-refractivity contribution in [1.82, 2.24) is 0 Å². The molecule has 2 nitrogen and oxygen atoms in total. The highest BCUT2D eigenvalue weighted by molar-refractivity contribution is 5.97. The van der Waals surface area contributed by atoms with Crippen molar-refractivity contribution >= 4 is 12.1 Å². The molecule has 0 N–H and O–H groups in total. The van der Waals surface area contributed by atoms with Gasteiger partial charge in [-0.15, -0.1) is 0 Å². The highest BCUT2D eigenvalue weighted by Crippen LogP contribution is 2.15. The molecule has 0 aromatic carbocycles. The summed E-state index contributed by atoms with van der Waals surface area (Å²) >= 11 is 0. The van der Waals surface area contributed by atoms with Crippen LogP contribution >= 0.6 is 0 Å². The van der Waals surface area contributed by atoms with Gasteiger partial charge in [-0.3, -0.25) is 4.99 Å².